The zero-order valence-corrected chi connectivity index (χ0v) is 17.6. The van der Waals surface area contributed by atoms with Gasteiger partial charge in [0, 0.05) is 18.4 Å². The van der Waals surface area contributed by atoms with E-state index in [1.54, 1.807) is 13.8 Å². The first-order chi connectivity index (χ1) is 14.3. The van der Waals surface area contributed by atoms with E-state index >= 15 is 0 Å². The van der Waals surface area contributed by atoms with Crippen molar-refractivity contribution in [2.75, 3.05) is 5.32 Å². The minimum atomic E-state index is -0.421. The zero-order chi connectivity index (χ0) is 21.8. The lowest BCUT2D eigenvalue weighted by Gasteiger charge is -2.28. The van der Waals surface area contributed by atoms with Crippen molar-refractivity contribution in [3.05, 3.63) is 46.3 Å². The number of aromatic amines is 1. The van der Waals surface area contributed by atoms with E-state index < -0.39 is 5.82 Å². The summed E-state index contributed by atoms with van der Waals surface area (Å²) in [5, 5.41) is 5.85. The second kappa shape index (κ2) is 9.38. The molecule has 3 rings (SSSR count). The molecule has 0 radical (unpaired) electrons. The van der Waals surface area contributed by atoms with Crippen molar-refractivity contribution in [1.29, 1.82) is 0 Å². The van der Waals surface area contributed by atoms with Gasteiger partial charge in [0.15, 0.2) is 5.78 Å². The number of carbonyl (C=O) groups is 3. The van der Waals surface area contributed by atoms with Crippen LogP contribution in [-0.2, 0) is 4.79 Å². The Hall–Kier alpha value is -2.74. The summed E-state index contributed by atoms with van der Waals surface area (Å²) in [7, 11) is 0. The molecular weight excluding hydrogens is 411 g/mol. The quantitative estimate of drug-likeness (QED) is 0.597. The fourth-order valence-corrected chi connectivity index (χ4v) is 3.79. The van der Waals surface area contributed by atoms with Crippen LogP contribution >= 0.6 is 11.6 Å². The van der Waals surface area contributed by atoms with E-state index in [9.17, 15) is 18.8 Å². The predicted molar refractivity (Wildman–Crippen MR) is 111 cm³/mol. The molecular formula is C21H24ClFN4O3. The number of anilines is 1. The SMILES string of the molecule is CCC(=O)c1nc[nH]c1C(=O)NC1CCC(C(=O)Nc2cc(C)c(F)cc2Cl)CC1. The van der Waals surface area contributed by atoms with Crippen LogP contribution in [0.25, 0.3) is 0 Å². The maximum absolute atomic E-state index is 13.5. The zero-order valence-electron chi connectivity index (χ0n) is 16.9. The van der Waals surface area contributed by atoms with Crippen LogP contribution in [0.3, 0.4) is 0 Å². The summed E-state index contributed by atoms with van der Waals surface area (Å²) >= 11 is 6.02. The Morgan fingerprint density at radius 3 is 2.60 bits per heavy atom. The predicted octanol–water partition coefficient (Wildman–Crippen LogP) is 4.03. The van der Waals surface area contributed by atoms with Crippen LogP contribution in [0.15, 0.2) is 18.5 Å². The molecule has 0 bridgehead atoms. The topological polar surface area (TPSA) is 104 Å². The molecule has 1 aromatic carbocycles. The molecule has 0 saturated heterocycles. The van der Waals surface area contributed by atoms with Gasteiger partial charge in [0.2, 0.25) is 5.91 Å². The molecule has 1 fully saturated rings. The Morgan fingerprint density at radius 2 is 1.93 bits per heavy atom. The first-order valence-corrected chi connectivity index (χ1v) is 10.3. The van der Waals surface area contributed by atoms with Crippen LogP contribution in [0.4, 0.5) is 10.1 Å². The minimum Gasteiger partial charge on any atom is -0.348 e. The molecule has 0 atom stereocenters. The second-order valence-corrected chi connectivity index (χ2v) is 7.90. The normalized spacial score (nSPS) is 18.7. The number of H-pyrrole nitrogens is 1. The number of hydrogen-bond acceptors (Lipinski definition) is 4. The van der Waals surface area contributed by atoms with Crippen molar-refractivity contribution < 1.29 is 18.8 Å². The number of aromatic nitrogens is 2. The number of Topliss-reactive ketones (excluding diaryl/α,β-unsaturated/α-hetero) is 1. The van der Waals surface area contributed by atoms with E-state index in [4.69, 9.17) is 11.6 Å². The van der Waals surface area contributed by atoms with E-state index in [2.05, 4.69) is 20.6 Å². The number of halogens is 2. The number of benzene rings is 1. The van der Waals surface area contributed by atoms with Crippen molar-refractivity contribution in [2.45, 2.75) is 52.0 Å². The molecule has 1 aliphatic carbocycles. The van der Waals surface area contributed by atoms with E-state index in [-0.39, 0.29) is 52.4 Å². The molecule has 9 heteroatoms. The summed E-state index contributed by atoms with van der Waals surface area (Å²) < 4.78 is 13.5. The van der Waals surface area contributed by atoms with Crippen molar-refractivity contribution >= 4 is 34.9 Å². The van der Waals surface area contributed by atoms with Gasteiger partial charge in [-0.3, -0.25) is 14.4 Å². The molecule has 3 N–H and O–H groups in total. The Kier molecular flexibility index (Phi) is 6.87. The highest BCUT2D eigenvalue weighted by Crippen LogP contribution is 2.29. The number of ketones is 1. The lowest BCUT2D eigenvalue weighted by Crippen LogP contribution is -2.40. The highest BCUT2D eigenvalue weighted by Gasteiger charge is 2.29. The molecule has 160 valence electrons. The lowest BCUT2D eigenvalue weighted by atomic mass is 9.85. The lowest BCUT2D eigenvalue weighted by molar-refractivity contribution is -0.120. The van der Waals surface area contributed by atoms with Crippen LogP contribution in [0, 0.1) is 18.7 Å². The van der Waals surface area contributed by atoms with Crippen molar-refractivity contribution in [3.63, 3.8) is 0 Å². The van der Waals surface area contributed by atoms with Gasteiger partial charge in [-0.1, -0.05) is 18.5 Å². The highest BCUT2D eigenvalue weighted by atomic mass is 35.5. The molecule has 0 spiro atoms. The third kappa shape index (κ3) is 4.87. The van der Waals surface area contributed by atoms with Crippen LogP contribution in [0.5, 0.6) is 0 Å². The van der Waals surface area contributed by atoms with Gasteiger partial charge in [0.05, 0.1) is 17.0 Å². The largest absolute Gasteiger partial charge is 0.348 e. The molecule has 0 unspecified atom stereocenters. The van der Waals surface area contributed by atoms with E-state index in [1.807, 2.05) is 0 Å². The molecule has 1 aromatic heterocycles. The van der Waals surface area contributed by atoms with Crippen LogP contribution < -0.4 is 10.6 Å². The Balaban J connectivity index is 1.54. The van der Waals surface area contributed by atoms with Gasteiger partial charge in [-0.25, -0.2) is 9.37 Å². The van der Waals surface area contributed by atoms with Crippen LogP contribution in [-0.4, -0.2) is 33.6 Å². The van der Waals surface area contributed by atoms with E-state index in [0.29, 0.717) is 36.9 Å². The average Bonchev–Trinajstić information content (AvgIpc) is 3.22. The minimum absolute atomic E-state index is 0.0916. The maximum Gasteiger partial charge on any atom is 0.270 e. The molecule has 1 heterocycles. The summed E-state index contributed by atoms with van der Waals surface area (Å²) in [4.78, 5) is 43.7. The number of amides is 2. The fourth-order valence-electron chi connectivity index (χ4n) is 3.59. The highest BCUT2D eigenvalue weighted by molar-refractivity contribution is 6.33. The number of carbonyl (C=O) groups excluding carboxylic acids is 3. The number of nitrogens with zero attached hydrogens (tertiary/aromatic N) is 1. The van der Waals surface area contributed by atoms with Crippen LogP contribution in [0.2, 0.25) is 5.02 Å². The van der Waals surface area contributed by atoms with Gasteiger partial charge in [0.1, 0.15) is 17.2 Å². The van der Waals surface area contributed by atoms with Crippen LogP contribution in [0.1, 0.15) is 65.6 Å². The smallest absolute Gasteiger partial charge is 0.270 e. The van der Waals surface area contributed by atoms with Crippen molar-refractivity contribution in [1.82, 2.24) is 15.3 Å². The summed E-state index contributed by atoms with van der Waals surface area (Å²) in [6, 6.07) is 2.61. The van der Waals surface area contributed by atoms with Gasteiger partial charge < -0.3 is 15.6 Å². The summed E-state index contributed by atoms with van der Waals surface area (Å²) in [5.41, 5.74) is 1.11. The van der Waals surface area contributed by atoms with E-state index in [0.717, 1.165) is 0 Å². The monoisotopic (exact) mass is 434 g/mol. The number of nitrogens with one attached hydrogen (secondary N) is 3. The number of hydrogen-bond donors (Lipinski definition) is 3. The van der Waals surface area contributed by atoms with Gasteiger partial charge in [-0.15, -0.1) is 0 Å². The van der Waals surface area contributed by atoms with Crippen molar-refractivity contribution in [3.8, 4) is 0 Å². The third-order valence-electron chi connectivity index (χ3n) is 5.39. The Morgan fingerprint density at radius 1 is 1.23 bits per heavy atom. The van der Waals surface area contributed by atoms with Gasteiger partial charge in [-0.05, 0) is 50.3 Å². The van der Waals surface area contributed by atoms with Gasteiger partial charge in [0.25, 0.3) is 5.91 Å². The number of imidazole rings is 1. The number of rotatable bonds is 6. The van der Waals surface area contributed by atoms with E-state index in [1.165, 1.54) is 18.5 Å². The van der Waals surface area contributed by atoms with Gasteiger partial charge in [-0.2, -0.15) is 0 Å². The molecule has 7 nitrogen and oxygen atoms in total. The van der Waals surface area contributed by atoms with Gasteiger partial charge >= 0.3 is 0 Å². The molecule has 0 aliphatic heterocycles. The summed E-state index contributed by atoms with van der Waals surface area (Å²) in [6.07, 6.45) is 4.05. The summed E-state index contributed by atoms with van der Waals surface area (Å²) in [5.74, 6) is -1.38. The molecule has 1 saturated carbocycles. The third-order valence-corrected chi connectivity index (χ3v) is 5.70. The maximum atomic E-state index is 13.5. The van der Waals surface area contributed by atoms with Crippen molar-refractivity contribution in [2.24, 2.45) is 5.92 Å². The molecule has 1 aliphatic rings. The average molecular weight is 435 g/mol. The summed E-state index contributed by atoms with van der Waals surface area (Å²) in [6.45, 7) is 3.32. The molecule has 2 amide bonds. The number of aryl methyl sites for hydroxylation is 1. The first kappa shape index (κ1) is 22.0. The Labute approximate surface area is 178 Å². The first-order valence-electron chi connectivity index (χ1n) is 9.94. The molecule has 30 heavy (non-hydrogen) atoms. The second-order valence-electron chi connectivity index (χ2n) is 7.50. The fraction of sp³-hybridized carbons (Fsp3) is 0.429. The molecule has 2 aromatic rings. The standard InChI is InChI=1S/C21H24ClFN4O3/c1-3-17(28)18-19(25-10-24-18)21(30)26-13-6-4-12(5-7-13)20(29)27-16-8-11(2)15(23)9-14(16)22/h8-10,12-13H,3-7H2,1-2H3,(H,24,25)(H,26,30)(H,27,29). The Bertz CT molecular complexity index is 967.